The lowest BCUT2D eigenvalue weighted by Crippen LogP contribution is -2.50. The molecule has 0 saturated carbocycles. The summed E-state index contributed by atoms with van der Waals surface area (Å²) < 4.78 is 0. The van der Waals surface area contributed by atoms with Gasteiger partial charge in [-0.25, -0.2) is 0 Å². The number of halogens is 1. The largest absolute Gasteiger partial charge is 0.354 e. The van der Waals surface area contributed by atoms with Crippen LogP contribution in [0.4, 0.5) is 0 Å². The Morgan fingerprint density at radius 1 is 0.853 bits per heavy atom. The molecule has 34 heavy (non-hydrogen) atoms. The van der Waals surface area contributed by atoms with Gasteiger partial charge >= 0.3 is 0 Å². The zero-order valence-electron chi connectivity index (χ0n) is 19.8. The van der Waals surface area contributed by atoms with Gasteiger partial charge in [0.25, 0.3) is 0 Å². The average molecular weight is 477 g/mol. The number of hydrogen-bond donors (Lipinski definition) is 1. The molecule has 0 aliphatic carbocycles. The Bertz CT molecular complexity index is 1020. The van der Waals surface area contributed by atoms with Crippen molar-refractivity contribution in [2.75, 3.05) is 6.54 Å². The van der Waals surface area contributed by atoms with Crippen molar-refractivity contribution < 1.29 is 9.59 Å². The van der Waals surface area contributed by atoms with E-state index in [1.807, 2.05) is 84.9 Å². The first kappa shape index (κ1) is 25.5. The van der Waals surface area contributed by atoms with Crippen LogP contribution in [-0.4, -0.2) is 29.3 Å². The van der Waals surface area contributed by atoms with Crippen molar-refractivity contribution in [3.05, 3.63) is 107 Å². The lowest BCUT2D eigenvalue weighted by Gasteiger charge is -2.31. The highest BCUT2D eigenvalue weighted by Crippen LogP contribution is 2.18. The lowest BCUT2D eigenvalue weighted by atomic mass is 10.0. The van der Waals surface area contributed by atoms with E-state index in [9.17, 15) is 9.59 Å². The van der Waals surface area contributed by atoms with E-state index in [1.54, 1.807) is 4.90 Å². The number of rotatable bonds is 12. The van der Waals surface area contributed by atoms with Crippen molar-refractivity contribution in [1.29, 1.82) is 0 Å². The quantitative estimate of drug-likeness (QED) is 0.334. The van der Waals surface area contributed by atoms with Gasteiger partial charge in [0.05, 0.1) is 0 Å². The van der Waals surface area contributed by atoms with Gasteiger partial charge < -0.3 is 10.2 Å². The van der Waals surface area contributed by atoms with Gasteiger partial charge in [0, 0.05) is 31.0 Å². The molecule has 0 spiro atoms. The molecule has 1 atom stereocenters. The van der Waals surface area contributed by atoms with Gasteiger partial charge in [0.15, 0.2) is 0 Å². The van der Waals surface area contributed by atoms with E-state index in [4.69, 9.17) is 11.6 Å². The number of nitrogens with one attached hydrogen (secondary N) is 1. The minimum absolute atomic E-state index is 0.0367. The Labute approximate surface area is 207 Å². The van der Waals surface area contributed by atoms with Crippen LogP contribution in [0, 0.1) is 0 Å². The van der Waals surface area contributed by atoms with E-state index >= 15 is 0 Å². The molecule has 0 unspecified atom stereocenters. The zero-order chi connectivity index (χ0) is 24.2. The highest BCUT2D eigenvalue weighted by Gasteiger charge is 2.30. The Hall–Kier alpha value is -3.11. The molecule has 0 bridgehead atoms. The van der Waals surface area contributed by atoms with E-state index < -0.39 is 6.04 Å². The van der Waals surface area contributed by atoms with Crippen LogP contribution in [0.5, 0.6) is 0 Å². The number of nitrogens with zero attached hydrogens (tertiary/aromatic N) is 1. The van der Waals surface area contributed by atoms with Crippen LogP contribution in [0.1, 0.15) is 42.9 Å². The Morgan fingerprint density at radius 2 is 1.47 bits per heavy atom. The second kappa shape index (κ2) is 13.6. The number of unbranched alkanes of at least 4 members (excludes halogenated alkanes) is 1. The fraction of sp³-hybridized carbons (Fsp3) is 0.310. The summed E-state index contributed by atoms with van der Waals surface area (Å²) in [6.07, 6.45) is 3.33. The highest BCUT2D eigenvalue weighted by atomic mass is 35.5. The van der Waals surface area contributed by atoms with Gasteiger partial charge in [-0.05, 0) is 41.7 Å². The fourth-order valence-electron chi connectivity index (χ4n) is 3.89. The zero-order valence-corrected chi connectivity index (χ0v) is 20.5. The number of aryl methyl sites for hydroxylation is 1. The number of carbonyl (C=O) groups is 2. The molecule has 3 aromatic carbocycles. The van der Waals surface area contributed by atoms with Crippen LogP contribution in [0.15, 0.2) is 84.9 Å². The van der Waals surface area contributed by atoms with Crippen LogP contribution in [0.3, 0.4) is 0 Å². The highest BCUT2D eigenvalue weighted by molar-refractivity contribution is 6.30. The molecular weight excluding hydrogens is 444 g/mol. The maximum Gasteiger partial charge on any atom is 0.243 e. The van der Waals surface area contributed by atoms with Crippen molar-refractivity contribution >= 4 is 23.4 Å². The van der Waals surface area contributed by atoms with Crippen LogP contribution < -0.4 is 5.32 Å². The van der Waals surface area contributed by atoms with Gasteiger partial charge in [-0.1, -0.05) is 97.7 Å². The predicted octanol–water partition coefficient (Wildman–Crippen LogP) is 5.83. The Balaban J connectivity index is 1.86. The summed E-state index contributed by atoms with van der Waals surface area (Å²) in [6, 6.07) is 26.7. The second-order valence-electron chi connectivity index (χ2n) is 8.48. The van der Waals surface area contributed by atoms with E-state index in [1.165, 1.54) is 0 Å². The van der Waals surface area contributed by atoms with Gasteiger partial charge in [-0.15, -0.1) is 0 Å². The summed E-state index contributed by atoms with van der Waals surface area (Å²) in [5, 5.41) is 3.70. The molecule has 0 heterocycles. The third-order valence-corrected chi connectivity index (χ3v) is 6.09. The molecule has 4 nitrogen and oxygen atoms in total. The van der Waals surface area contributed by atoms with Crippen molar-refractivity contribution in [3.8, 4) is 0 Å². The van der Waals surface area contributed by atoms with E-state index in [0.717, 1.165) is 29.5 Å². The second-order valence-corrected chi connectivity index (χ2v) is 8.92. The molecule has 0 saturated heterocycles. The molecule has 0 aliphatic rings. The standard InChI is InChI=1S/C29H33ClN2O2/c1-2-3-20-31-29(34)27(21-24-12-8-5-9-13-24)32(22-25-14-17-26(30)18-15-25)28(33)19-16-23-10-6-4-7-11-23/h4-15,17-18,27H,2-3,16,19-22H2,1H3,(H,31,34)/t27-/m0/s1. The molecule has 0 fully saturated rings. The first-order chi connectivity index (χ1) is 16.6. The molecule has 0 aromatic heterocycles. The number of hydrogen-bond acceptors (Lipinski definition) is 2. The first-order valence-electron chi connectivity index (χ1n) is 12.0. The van der Waals surface area contributed by atoms with Gasteiger partial charge in [-0.2, -0.15) is 0 Å². The topological polar surface area (TPSA) is 49.4 Å². The summed E-state index contributed by atoms with van der Waals surface area (Å²) in [5.74, 6) is -0.148. The monoisotopic (exact) mass is 476 g/mol. The molecule has 5 heteroatoms. The number of benzene rings is 3. The van der Waals surface area contributed by atoms with Gasteiger partial charge in [-0.3, -0.25) is 9.59 Å². The van der Waals surface area contributed by atoms with E-state index in [2.05, 4.69) is 12.2 Å². The fourth-order valence-corrected chi connectivity index (χ4v) is 4.01. The van der Waals surface area contributed by atoms with E-state index in [-0.39, 0.29) is 11.8 Å². The number of amides is 2. The molecule has 178 valence electrons. The van der Waals surface area contributed by atoms with Crippen LogP contribution in [0.25, 0.3) is 0 Å². The van der Waals surface area contributed by atoms with Crippen LogP contribution in [0.2, 0.25) is 5.02 Å². The average Bonchev–Trinajstić information content (AvgIpc) is 2.87. The summed E-state index contributed by atoms with van der Waals surface area (Å²) >= 11 is 6.07. The maximum absolute atomic E-state index is 13.6. The van der Waals surface area contributed by atoms with Crippen molar-refractivity contribution in [3.63, 3.8) is 0 Å². The molecule has 0 aliphatic heterocycles. The molecule has 2 amide bonds. The minimum atomic E-state index is -0.599. The molecule has 3 rings (SSSR count). The third-order valence-electron chi connectivity index (χ3n) is 5.84. The number of carbonyl (C=O) groups excluding carboxylic acids is 2. The summed E-state index contributed by atoms with van der Waals surface area (Å²) in [4.78, 5) is 28.7. The van der Waals surface area contributed by atoms with Gasteiger partial charge in [0.1, 0.15) is 6.04 Å². The van der Waals surface area contributed by atoms with Crippen molar-refractivity contribution in [2.45, 2.75) is 51.6 Å². The van der Waals surface area contributed by atoms with Gasteiger partial charge in [0.2, 0.25) is 11.8 Å². The third kappa shape index (κ3) is 8.03. The van der Waals surface area contributed by atoms with Crippen molar-refractivity contribution in [1.82, 2.24) is 10.2 Å². The maximum atomic E-state index is 13.6. The molecular formula is C29H33ClN2O2. The van der Waals surface area contributed by atoms with Crippen LogP contribution in [-0.2, 0) is 29.0 Å². The summed E-state index contributed by atoms with van der Waals surface area (Å²) in [5.41, 5.74) is 3.07. The summed E-state index contributed by atoms with van der Waals surface area (Å²) in [7, 11) is 0. The minimum Gasteiger partial charge on any atom is -0.354 e. The normalized spacial score (nSPS) is 11.6. The van der Waals surface area contributed by atoms with Crippen LogP contribution >= 0.6 is 11.6 Å². The molecule has 1 N–H and O–H groups in total. The Morgan fingerprint density at radius 3 is 2.09 bits per heavy atom. The van der Waals surface area contributed by atoms with Crippen molar-refractivity contribution in [2.24, 2.45) is 0 Å². The molecule has 0 radical (unpaired) electrons. The summed E-state index contributed by atoms with van der Waals surface area (Å²) in [6.45, 7) is 3.05. The SMILES string of the molecule is CCCCNC(=O)[C@H](Cc1ccccc1)N(Cc1ccc(Cl)cc1)C(=O)CCc1ccccc1. The Kier molecular flexibility index (Phi) is 10.2. The smallest absolute Gasteiger partial charge is 0.243 e. The lowest BCUT2D eigenvalue weighted by molar-refractivity contribution is -0.141. The molecule has 3 aromatic rings. The predicted molar refractivity (Wildman–Crippen MR) is 139 cm³/mol. The first-order valence-corrected chi connectivity index (χ1v) is 12.3. The van der Waals surface area contributed by atoms with E-state index in [0.29, 0.717) is 37.4 Å².